The van der Waals surface area contributed by atoms with Crippen molar-refractivity contribution in [2.45, 2.75) is 58.0 Å². The topological polar surface area (TPSA) is 81.5 Å². The van der Waals surface area contributed by atoms with Gasteiger partial charge in [-0.15, -0.1) is 0 Å². The van der Waals surface area contributed by atoms with E-state index in [2.05, 4.69) is 5.32 Å². The fourth-order valence-electron chi connectivity index (χ4n) is 2.73. The normalized spacial score (nSPS) is 15.6. The summed E-state index contributed by atoms with van der Waals surface area (Å²) in [5.41, 5.74) is 0.401. The van der Waals surface area contributed by atoms with Crippen LogP contribution in [0.3, 0.4) is 0 Å². The molecule has 1 aromatic rings. The number of benzene rings is 1. The minimum atomic E-state index is -0.691. The Labute approximate surface area is 130 Å². The molecule has 22 heavy (non-hydrogen) atoms. The van der Waals surface area contributed by atoms with Gasteiger partial charge in [-0.3, -0.25) is 15.4 Å². The molecule has 0 bridgehead atoms. The van der Waals surface area contributed by atoms with Crippen LogP contribution in [0.15, 0.2) is 18.2 Å². The summed E-state index contributed by atoms with van der Waals surface area (Å²) < 4.78 is 5.13. The van der Waals surface area contributed by atoms with E-state index in [4.69, 9.17) is 4.74 Å². The fraction of sp³-hybridized carbons (Fsp3) is 0.562. The molecule has 1 aromatic carbocycles. The van der Waals surface area contributed by atoms with Gasteiger partial charge in [-0.25, -0.2) is 4.79 Å². The summed E-state index contributed by atoms with van der Waals surface area (Å²) in [4.78, 5) is 22.6. The first-order chi connectivity index (χ1) is 10.3. The maximum atomic E-state index is 11.8. The number of carbonyl (C=O) groups excluding carboxylic acids is 1. The molecule has 6 nitrogen and oxygen atoms in total. The van der Waals surface area contributed by atoms with Crippen molar-refractivity contribution in [3.63, 3.8) is 0 Å². The molecule has 0 unspecified atom stereocenters. The Morgan fingerprint density at radius 1 is 1.32 bits per heavy atom. The number of nitro benzene ring substituents is 1. The Hall–Kier alpha value is -2.11. The summed E-state index contributed by atoms with van der Waals surface area (Å²) >= 11 is 0. The molecule has 0 spiro atoms. The fourth-order valence-corrected chi connectivity index (χ4v) is 2.73. The van der Waals surface area contributed by atoms with Gasteiger partial charge in [-0.2, -0.15) is 0 Å². The second-order valence-corrected chi connectivity index (χ2v) is 6.64. The Morgan fingerprint density at radius 2 is 1.95 bits per heavy atom. The van der Waals surface area contributed by atoms with Gasteiger partial charge in [0.15, 0.2) is 0 Å². The number of hydrogen-bond acceptors (Lipinski definition) is 4. The Morgan fingerprint density at radius 3 is 2.50 bits per heavy atom. The van der Waals surface area contributed by atoms with Gasteiger partial charge in [-0.1, -0.05) is 18.9 Å². The van der Waals surface area contributed by atoms with E-state index in [1.807, 2.05) is 6.07 Å². The van der Waals surface area contributed by atoms with Gasteiger partial charge in [0.05, 0.1) is 4.92 Å². The number of nitrogens with zero attached hydrogens (tertiary/aromatic N) is 1. The standard InChI is InChI=1S/C16H22N2O4/c1-16(2,3)22-15(19)17-13-9-8-12(10-14(13)18(20)21)11-6-4-5-7-11/h8-11H,4-7H2,1-3H3,(H,17,19). The van der Waals surface area contributed by atoms with E-state index in [0.717, 1.165) is 31.2 Å². The summed E-state index contributed by atoms with van der Waals surface area (Å²) in [6.45, 7) is 5.22. The van der Waals surface area contributed by atoms with Crippen molar-refractivity contribution in [1.82, 2.24) is 0 Å². The predicted octanol–water partition coefficient (Wildman–Crippen LogP) is 4.60. The first-order valence-electron chi connectivity index (χ1n) is 7.54. The maximum absolute atomic E-state index is 11.8. The highest BCUT2D eigenvalue weighted by molar-refractivity contribution is 5.88. The average Bonchev–Trinajstić information content (AvgIpc) is 2.90. The second-order valence-electron chi connectivity index (χ2n) is 6.64. The molecule has 0 radical (unpaired) electrons. The highest BCUT2D eigenvalue weighted by atomic mass is 16.6. The van der Waals surface area contributed by atoms with Crippen molar-refractivity contribution < 1.29 is 14.5 Å². The molecule has 1 N–H and O–H groups in total. The van der Waals surface area contributed by atoms with E-state index in [9.17, 15) is 14.9 Å². The van der Waals surface area contributed by atoms with Crippen LogP contribution in [0.25, 0.3) is 0 Å². The summed E-state index contributed by atoms with van der Waals surface area (Å²) in [6.07, 6.45) is 3.77. The lowest BCUT2D eigenvalue weighted by molar-refractivity contribution is -0.384. The number of anilines is 1. The molecular weight excluding hydrogens is 284 g/mol. The number of nitrogens with one attached hydrogen (secondary N) is 1. The lowest BCUT2D eigenvalue weighted by Gasteiger charge is -2.19. The third-order valence-electron chi connectivity index (χ3n) is 3.68. The maximum Gasteiger partial charge on any atom is 0.412 e. The Kier molecular flexibility index (Phi) is 4.68. The highest BCUT2D eigenvalue weighted by Gasteiger charge is 2.24. The molecule has 2 rings (SSSR count). The van der Waals surface area contributed by atoms with Crippen LogP contribution in [-0.4, -0.2) is 16.6 Å². The van der Waals surface area contributed by atoms with E-state index < -0.39 is 16.6 Å². The van der Waals surface area contributed by atoms with E-state index in [0.29, 0.717) is 5.92 Å². The van der Waals surface area contributed by atoms with Crippen LogP contribution in [0.1, 0.15) is 57.9 Å². The zero-order valence-electron chi connectivity index (χ0n) is 13.2. The molecule has 0 atom stereocenters. The molecule has 6 heteroatoms. The highest BCUT2D eigenvalue weighted by Crippen LogP contribution is 2.37. The molecule has 0 aromatic heterocycles. The van der Waals surface area contributed by atoms with Crippen molar-refractivity contribution in [3.8, 4) is 0 Å². The van der Waals surface area contributed by atoms with Gasteiger partial charge < -0.3 is 4.74 Å². The molecule has 0 heterocycles. The quantitative estimate of drug-likeness (QED) is 0.653. The number of hydrogen-bond donors (Lipinski definition) is 1. The minimum Gasteiger partial charge on any atom is -0.444 e. The van der Waals surface area contributed by atoms with Crippen molar-refractivity contribution in [2.75, 3.05) is 5.32 Å². The smallest absolute Gasteiger partial charge is 0.412 e. The number of amides is 1. The van der Waals surface area contributed by atoms with Crippen LogP contribution < -0.4 is 5.32 Å². The third kappa shape index (κ3) is 4.19. The number of carbonyl (C=O) groups is 1. The van der Waals surface area contributed by atoms with Crippen molar-refractivity contribution in [2.24, 2.45) is 0 Å². The molecule has 1 fully saturated rings. The third-order valence-corrected chi connectivity index (χ3v) is 3.68. The van der Waals surface area contributed by atoms with E-state index in [1.54, 1.807) is 32.9 Å². The van der Waals surface area contributed by atoms with Crippen molar-refractivity contribution >= 4 is 17.5 Å². The first-order valence-corrected chi connectivity index (χ1v) is 7.54. The Bertz CT molecular complexity index is 572. The molecule has 1 saturated carbocycles. The molecule has 1 aliphatic carbocycles. The van der Waals surface area contributed by atoms with Crippen LogP contribution in [0.5, 0.6) is 0 Å². The second kappa shape index (κ2) is 6.34. The summed E-state index contributed by atoms with van der Waals surface area (Å²) in [5.74, 6) is 0.384. The van der Waals surface area contributed by atoms with Crippen LogP contribution in [0.4, 0.5) is 16.2 Å². The minimum absolute atomic E-state index is 0.0877. The first kappa shape index (κ1) is 16.3. The lowest BCUT2D eigenvalue weighted by atomic mass is 9.97. The van der Waals surface area contributed by atoms with Crippen molar-refractivity contribution in [3.05, 3.63) is 33.9 Å². The number of nitro groups is 1. The predicted molar refractivity (Wildman–Crippen MR) is 84.2 cm³/mol. The van der Waals surface area contributed by atoms with Crippen LogP contribution >= 0.6 is 0 Å². The zero-order valence-corrected chi connectivity index (χ0v) is 13.2. The summed E-state index contributed by atoms with van der Waals surface area (Å²) in [7, 11) is 0. The van der Waals surface area contributed by atoms with Gasteiger partial charge in [-0.05, 0) is 51.2 Å². The molecule has 1 aliphatic rings. The number of rotatable bonds is 3. The number of ether oxygens (including phenoxy) is 1. The van der Waals surface area contributed by atoms with E-state index >= 15 is 0 Å². The molecule has 0 aliphatic heterocycles. The van der Waals surface area contributed by atoms with Gasteiger partial charge in [0.1, 0.15) is 11.3 Å². The molecule has 0 saturated heterocycles. The van der Waals surface area contributed by atoms with Crippen LogP contribution in [-0.2, 0) is 4.74 Å². The lowest BCUT2D eigenvalue weighted by Crippen LogP contribution is -2.27. The molecule has 120 valence electrons. The largest absolute Gasteiger partial charge is 0.444 e. The molecule has 1 amide bonds. The monoisotopic (exact) mass is 306 g/mol. The Balaban J connectivity index is 2.20. The van der Waals surface area contributed by atoms with Gasteiger partial charge in [0, 0.05) is 6.07 Å². The SMILES string of the molecule is CC(C)(C)OC(=O)Nc1ccc(C2CCCC2)cc1[N+](=O)[O-]. The van der Waals surface area contributed by atoms with E-state index in [1.165, 1.54) is 0 Å². The molecular formula is C16H22N2O4. The van der Waals surface area contributed by atoms with Gasteiger partial charge >= 0.3 is 6.09 Å². The summed E-state index contributed by atoms with van der Waals surface area (Å²) in [5, 5.41) is 13.7. The van der Waals surface area contributed by atoms with Gasteiger partial charge in [0.2, 0.25) is 0 Å². The van der Waals surface area contributed by atoms with Crippen LogP contribution in [0.2, 0.25) is 0 Å². The summed E-state index contributed by atoms with van der Waals surface area (Å²) in [6, 6.07) is 5.02. The van der Waals surface area contributed by atoms with Gasteiger partial charge in [0.25, 0.3) is 5.69 Å². The van der Waals surface area contributed by atoms with E-state index in [-0.39, 0.29) is 11.4 Å². The van der Waals surface area contributed by atoms with Crippen LogP contribution in [0, 0.1) is 10.1 Å². The zero-order chi connectivity index (χ0) is 16.3. The van der Waals surface area contributed by atoms with Crippen molar-refractivity contribution in [1.29, 1.82) is 0 Å². The average molecular weight is 306 g/mol.